The molecule has 0 amide bonds. The lowest BCUT2D eigenvalue weighted by Crippen LogP contribution is -2.22. The number of benzene rings is 2. The van der Waals surface area contributed by atoms with Crippen LogP contribution in [0.3, 0.4) is 0 Å². The Bertz CT molecular complexity index is 926. The standard InChI is InChI=1S/C17H12F2N4O2/c18-13-3-4-14(15(19)8-13)9-5-10(16(24)25)7-12(6-9)17(11-1-2-11)20-22-23-21-17/h3-8,11H,1-2H2,(H,24,25). The minimum absolute atomic E-state index is 0.0337. The van der Waals surface area contributed by atoms with E-state index in [1.54, 1.807) is 6.07 Å². The molecule has 1 fully saturated rings. The topological polar surface area (TPSA) is 86.7 Å². The van der Waals surface area contributed by atoms with Crippen molar-refractivity contribution in [1.29, 1.82) is 0 Å². The Kier molecular flexibility index (Phi) is 3.41. The molecule has 1 N–H and O–H groups in total. The lowest BCUT2D eigenvalue weighted by molar-refractivity contribution is 0.0696. The van der Waals surface area contributed by atoms with Crippen LogP contribution in [0.1, 0.15) is 28.8 Å². The molecule has 0 radical (unpaired) electrons. The molecule has 1 heterocycles. The summed E-state index contributed by atoms with van der Waals surface area (Å²) in [6.07, 6.45) is 1.74. The number of carboxylic acids is 1. The van der Waals surface area contributed by atoms with Gasteiger partial charge in [-0.25, -0.2) is 13.6 Å². The lowest BCUT2D eigenvalue weighted by atomic mass is 9.90. The first-order valence-electron chi connectivity index (χ1n) is 7.68. The molecule has 2 aromatic rings. The van der Waals surface area contributed by atoms with Crippen LogP contribution in [0.15, 0.2) is 57.1 Å². The van der Waals surface area contributed by atoms with E-state index in [0.717, 1.165) is 25.0 Å². The third-order valence-corrected chi connectivity index (χ3v) is 4.43. The van der Waals surface area contributed by atoms with Crippen molar-refractivity contribution < 1.29 is 18.7 Å². The third kappa shape index (κ3) is 2.59. The van der Waals surface area contributed by atoms with Gasteiger partial charge in [0.2, 0.25) is 5.66 Å². The fourth-order valence-electron chi connectivity index (χ4n) is 3.04. The molecule has 25 heavy (non-hydrogen) atoms. The van der Waals surface area contributed by atoms with Crippen molar-refractivity contribution in [2.45, 2.75) is 18.5 Å². The van der Waals surface area contributed by atoms with E-state index in [1.807, 2.05) is 0 Å². The van der Waals surface area contributed by atoms with E-state index in [1.165, 1.54) is 18.2 Å². The molecule has 0 unspecified atom stereocenters. The number of hydrogen-bond acceptors (Lipinski definition) is 5. The number of carbonyl (C=O) groups is 1. The van der Waals surface area contributed by atoms with Gasteiger partial charge in [-0.05, 0) is 59.2 Å². The first kappa shape index (κ1) is 15.5. The Hall–Kier alpha value is -3.03. The second-order valence-corrected chi connectivity index (χ2v) is 6.11. The Morgan fingerprint density at radius 1 is 1.08 bits per heavy atom. The minimum Gasteiger partial charge on any atom is -0.478 e. The molecule has 8 heteroatoms. The van der Waals surface area contributed by atoms with Crippen LogP contribution >= 0.6 is 0 Å². The molecule has 1 saturated carbocycles. The Labute approximate surface area is 140 Å². The largest absolute Gasteiger partial charge is 0.478 e. The van der Waals surface area contributed by atoms with Gasteiger partial charge in [0.1, 0.15) is 11.6 Å². The predicted octanol–water partition coefficient (Wildman–Crippen LogP) is 4.73. The maximum absolute atomic E-state index is 14.2. The molecule has 0 saturated heterocycles. The summed E-state index contributed by atoms with van der Waals surface area (Å²) in [6.45, 7) is 0. The zero-order chi connectivity index (χ0) is 17.6. The van der Waals surface area contributed by atoms with Crippen LogP contribution in [-0.4, -0.2) is 11.1 Å². The van der Waals surface area contributed by atoms with Gasteiger partial charge in [-0.3, -0.25) is 0 Å². The fraction of sp³-hybridized carbons (Fsp3) is 0.235. The normalized spacial score (nSPS) is 17.8. The van der Waals surface area contributed by atoms with Crippen molar-refractivity contribution in [1.82, 2.24) is 0 Å². The summed E-state index contributed by atoms with van der Waals surface area (Å²) in [5.74, 6) is -2.56. The van der Waals surface area contributed by atoms with Crippen LogP contribution in [0.4, 0.5) is 8.78 Å². The van der Waals surface area contributed by atoms with E-state index in [9.17, 15) is 18.7 Å². The molecule has 1 aliphatic carbocycles. The second-order valence-electron chi connectivity index (χ2n) is 6.11. The van der Waals surface area contributed by atoms with Gasteiger partial charge in [0.05, 0.1) is 5.56 Å². The highest BCUT2D eigenvalue weighted by Crippen LogP contribution is 2.52. The molecular weight excluding hydrogens is 330 g/mol. The molecule has 0 aromatic heterocycles. The molecule has 2 aliphatic rings. The van der Waals surface area contributed by atoms with E-state index in [2.05, 4.69) is 20.7 Å². The van der Waals surface area contributed by atoms with E-state index < -0.39 is 23.3 Å². The van der Waals surface area contributed by atoms with E-state index in [-0.39, 0.29) is 17.0 Å². The van der Waals surface area contributed by atoms with Crippen LogP contribution in [0, 0.1) is 17.6 Å². The average Bonchev–Trinajstić information content (AvgIpc) is 3.32. The molecule has 6 nitrogen and oxygen atoms in total. The number of halogens is 2. The summed E-state index contributed by atoms with van der Waals surface area (Å²) < 4.78 is 27.4. The van der Waals surface area contributed by atoms with Crippen molar-refractivity contribution in [3.63, 3.8) is 0 Å². The van der Waals surface area contributed by atoms with Crippen LogP contribution in [0.2, 0.25) is 0 Å². The predicted molar refractivity (Wildman–Crippen MR) is 82.9 cm³/mol. The minimum atomic E-state index is -1.16. The zero-order valence-electron chi connectivity index (χ0n) is 12.9. The van der Waals surface area contributed by atoms with Crippen LogP contribution in [-0.2, 0) is 5.66 Å². The van der Waals surface area contributed by atoms with Crippen molar-refractivity contribution in [2.75, 3.05) is 0 Å². The summed E-state index contributed by atoms with van der Waals surface area (Å²) in [5.41, 5.74) is -0.197. The number of rotatable bonds is 4. The quantitative estimate of drug-likeness (QED) is 0.871. The van der Waals surface area contributed by atoms with Gasteiger partial charge >= 0.3 is 5.97 Å². The monoisotopic (exact) mass is 342 g/mol. The van der Waals surface area contributed by atoms with Gasteiger partial charge in [0.25, 0.3) is 0 Å². The second kappa shape index (κ2) is 5.51. The summed E-state index contributed by atoms with van der Waals surface area (Å²) >= 11 is 0. The van der Waals surface area contributed by atoms with Crippen molar-refractivity contribution in [3.8, 4) is 11.1 Å². The van der Waals surface area contributed by atoms with E-state index in [4.69, 9.17) is 0 Å². The van der Waals surface area contributed by atoms with Gasteiger partial charge in [0.15, 0.2) is 0 Å². The Morgan fingerprint density at radius 2 is 1.80 bits per heavy atom. The van der Waals surface area contributed by atoms with Crippen molar-refractivity contribution in [2.24, 2.45) is 26.6 Å². The van der Waals surface area contributed by atoms with Gasteiger partial charge < -0.3 is 5.11 Å². The molecule has 0 spiro atoms. The zero-order valence-corrected chi connectivity index (χ0v) is 12.9. The summed E-state index contributed by atoms with van der Waals surface area (Å²) in [4.78, 5) is 11.5. The fourth-order valence-corrected chi connectivity index (χ4v) is 3.04. The van der Waals surface area contributed by atoms with Crippen LogP contribution < -0.4 is 0 Å². The van der Waals surface area contributed by atoms with Gasteiger partial charge in [-0.2, -0.15) is 0 Å². The molecular formula is C17H12F2N4O2. The number of hydrogen-bond donors (Lipinski definition) is 1. The maximum atomic E-state index is 14.2. The number of aromatic carboxylic acids is 1. The smallest absolute Gasteiger partial charge is 0.335 e. The highest BCUT2D eigenvalue weighted by atomic mass is 19.1. The first-order valence-corrected chi connectivity index (χ1v) is 7.68. The Morgan fingerprint density at radius 3 is 2.40 bits per heavy atom. The Balaban J connectivity index is 1.91. The highest BCUT2D eigenvalue weighted by Gasteiger charge is 2.50. The average molecular weight is 342 g/mol. The number of carboxylic acid groups (broad SMARTS) is 1. The molecule has 2 aromatic carbocycles. The van der Waals surface area contributed by atoms with Crippen molar-refractivity contribution >= 4 is 5.97 Å². The van der Waals surface area contributed by atoms with E-state index in [0.29, 0.717) is 11.1 Å². The molecule has 0 bridgehead atoms. The van der Waals surface area contributed by atoms with Gasteiger partial charge in [-0.15, -0.1) is 10.2 Å². The van der Waals surface area contributed by atoms with E-state index >= 15 is 0 Å². The van der Waals surface area contributed by atoms with Gasteiger partial charge in [0, 0.05) is 23.1 Å². The maximum Gasteiger partial charge on any atom is 0.335 e. The summed E-state index contributed by atoms with van der Waals surface area (Å²) in [7, 11) is 0. The lowest BCUT2D eigenvalue weighted by Gasteiger charge is -2.21. The highest BCUT2D eigenvalue weighted by molar-refractivity contribution is 5.90. The summed E-state index contributed by atoms with van der Waals surface area (Å²) in [5, 5.41) is 24.8. The van der Waals surface area contributed by atoms with Crippen LogP contribution in [0.5, 0.6) is 0 Å². The summed E-state index contributed by atoms with van der Waals surface area (Å²) in [6, 6.07) is 7.56. The molecule has 0 atom stereocenters. The molecule has 126 valence electrons. The third-order valence-electron chi connectivity index (χ3n) is 4.43. The SMILES string of the molecule is O=C(O)c1cc(-c2ccc(F)cc2F)cc(C2(C3CC3)N=NN=N2)c1. The first-order chi connectivity index (χ1) is 12.0. The van der Waals surface area contributed by atoms with Crippen molar-refractivity contribution in [3.05, 3.63) is 59.2 Å². The number of nitrogens with zero attached hydrogens (tertiary/aromatic N) is 4. The molecule has 1 aliphatic heterocycles. The van der Waals surface area contributed by atoms with Crippen LogP contribution in [0.25, 0.3) is 11.1 Å². The molecule has 4 rings (SSSR count). The van der Waals surface area contributed by atoms with Gasteiger partial charge in [-0.1, -0.05) is 0 Å².